The summed E-state index contributed by atoms with van der Waals surface area (Å²) in [6, 6.07) is -0.764. The zero-order valence-corrected chi connectivity index (χ0v) is 17.0. The van der Waals surface area contributed by atoms with Crippen LogP contribution in [0.15, 0.2) is 0 Å². The van der Waals surface area contributed by atoms with Crippen molar-refractivity contribution < 1.29 is 40.7 Å². The predicted octanol–water partition coefficient (Wildman–Crippen LogP) is 1.36. The molecule has 0 spiro atoms. The van der Waals surface area contributed by atoms with E-state index in [1.807, 2.05) is 0 Å². The molecule has 14 heteroatoms. The SMILES string of the molecule is CC1CN(C[C@@H](N)CC(=O)N2CCc3c(nc(C(F)(F)F)nc3C(F)(F)F)C2)C(=O)CO1. The van der Waals surface area contributed by atoms with Crippen LogP contribution in [0.1, 0.15) is 36.1 Å². The summed E-state index contributed by atoms with van der Waals surface area (Å²) in [7, 11) is 0. The minimum absolute atomic E-state index is 0.0707. The minimum atomic E-state index is -5.18. The average Bonchev–Trinajstić information content (AvgIpc) is 2.67. The van der Waals surface area contributed by atoms with Gasteiger partial charge in [-0.3, -0.25) is 9.59 Å². The highest BCUT2D eigenvalue weighted by molar-refractivity contribution is 5.79. The predicted molar refractivity (Wildman–Crippen MR) is 95.7 cm³/mol. The van der Waals surface area contributed by atoms with Crippen LogP contribution in [0, 0.1) is 0 Å². The van der Waals surface area contributed by atoms with Crippen LogP contribution < -0.4 is 5.73 Å². The number of rotatable bonds is 4. The first-order valence-corrected chi connectivity index (χ1v) is 9.72. The normalized spacial score (nSPS) is 20.9. The highest BCUT2D eigenvalue weighted by Crippen LogP contribution is 2.36. The summed E-state index contributed by atoms with van der Waals surface area (Å²) in [4.78, 5) is 33.0. The van der Waals surface area contributed by atoms with Crippen molar-refractivity contribution in [3.63, 3.8) is 0 Å². The van der Waals surface area contributed by atoms with E-state index in [1.54, 1.807) is 6.92 Å². The summed E-state index contributed by atoms with van der Waals surface area (Å²) in [5, 5.41) is 0. The van der Waals surface area contributed by atoms with Crippen molar-refractivity contribution in [3.05, 3.63) is 22.8 Å². The number of morpholine rings is 1. The lowest BCUT2D eigenvalue weighted by atomic mass is 10.0. The van der Waals surface area contributed by atoms with Gasteiger partial charge in [0.1, 0.15) is 6.61 Å². The van der Waals surface area contributed by atoms with Gasteiger partial charge in [0.2, 0.25) is 17.6 Å². The quantitative estimate of drug-likeness (QED) is 0.669. The van der Waals surface area contributed by atoms with Crippen LogP contribution in [0.5, 0.6) is 0 Å². The summed E-state index contributed by atoms with van der Waals surface area (Å²) >= 11 is 0. The van der Waals surface area contributed by atoms with Crippen LogP contribution in [0.3, 0.4) is 0 Å². The molecule has 1 aromatic heterocycles. The van der Waals surface area contributed by atoms with E-state index in [4.69, 9.17) is 10.5 Å². The molecule has 1 unspecified atom stereocenters. The van der Waals surface area contributed by atoms with Crippen molar-refractivity contribution in [1.82, 2.24) is 19.8 Å². The molecule has 32 heavy (non-hydrogen) atoms. The lowest BCUT2D eigenvalue weighted by Crippen LogP contribution is -2.51. The van der Waals surface area contributed by atoms with Gasteiger partial charge in [-0.2, -0.15) is 26.3 Å². The maximum Gasteiger partial charge on any atom is 0.451 e. The van der Waals surface area contributed by atoms with Crippen LogP contribution in [0.4, 0.5) is 26.3 Å². The molecule has 0 radical (unpaired) electrons. The molecule has 0 saturated carbocycles. The molecule has 0 bridgehead atoms. The van der Waals surface area contributed by atoms with Gasteiger partial charge in [-0.15, -0.1) is 0 Å². The first-order chi connectivity index (χ1) is 14.8. The molecule has 2 N–H and O–H groups in total. The smallest absolute Gasteiger partial charge is 0.367 e. The van der Waals surface area contributed by atoms with Gasteiger partial charge in [-0.05, 0) is 13.3 Å². The lowest BCUT2D eigenvalue weighted by molar-refractivity contribution is -0.153. The fourth-order valence-corrected chi connectivity index (χ4v) is 3.65. The minimum Gasteiger partial charge on any atom is -0.367 e. The van der Waals surface area contributed by atoms with Gasteiger partial charge in [-0.1, -0.05) is 0 Å². The number of hydrogen-bond acceptors (Lipinski definition) is 6. The molecule has 1 aromatic rings. The number of fused-ring (bicyclic) bond motifs is 1. The van der Waals surface area contributed by atoms with E-state index >= 15 is 0 Å². The fraction of sp³-hybridized carbons (Fsp3) is 0.667. The van der Waals surface area contributed by atoms with Crippen molar-refractivity contribution >= 4 is 11.8 Å². The zero-order chi connectivity index (χ0) is 23.8. The summed E-state index contributed by atoms with van der Waals surface area (Å²) in [6.07, 6.45) is -11.0. The molecule has 1 fully saturated rings. The second kappa shape index (κ2) is 8.81. The van der Waals surface area contributed by atoms with Crippen molar-refractivity contribution in [2.45, 2.75) is 50.8 Å². The third-order valence-corrected chi connectivity index (χ3v) is 5.15. The number of nitrogens with zero attached hydrogens (tertiary/aromatic N) is 4. The third kappa shape index (κ3) is 5.46. The number of halogens is 6. The molecule has 2 atom stereocenters. The van der Waals surface area contributed by atoms with Crippen molar-refractivity contribution in [1.29, 1.82) is 0 Å². The summed E-state index contributed by atoms with van der Waals surface area (Å²) < 4.78 is 84.0. The van der Waals surface area contributed by atoms with E-state index in [0.29, 0.717) is 6.54 Å². The Morgan fingerprint density at radius 3 is 2.53 bits per heavy atom. The van der Waals surface area contributed by atoms with Crippen LogP contribution in [-0.2, 0) is 39.6 Å². The highest BCUT2D eigenvalue weighted by Gasteiger charge is 2.43. The number of aromatic nitrogens is 2. The third-order valence-electron chi connectivity index (χ3n) is 5.15. The van der Waals surface area contributed by atoms with Crippen molar-refractivity contribution in [2.24, 2.45) is 5.73 Å². The average molecular weight is 469 g/mol. The standard InChI is InChI=1S/C18H21F6N5O3/c1-9-5-29(14(31)8-32-9)6-10(25)4-13(30)28-3-2-11-12(7-28)26-16(18(22,23)24)27-15(11)17(19,20)21/h9-10H,2-8,25H2,1H3/t9?,10-/m0/s1. The van der Waals surface area contributed by atoms with E-state index in [-0.39, 0.29) is 44.5 Å². The van der Waals surface area contributed by atoms with E-state index in [0.717, 1.165) is 4.90 Å². The molecule has 0 aliphatic carbocycles. The Balaban J connectivity index is 1.72. The van der Waals surface area contributed by atoms with Gasteiger partial charge in [0, 0.05) is 37.7 Å². The molecule has 8 nitrogen and oxygen atoms in total. The summed E-state index contributed by atoms with van der Waals surface area (Å²) in [5.41, 5.74) is 3.38. The van der Waals surface area contributed by atoms with Gasteiger partial charge in [0.15, 0.2) is 5.69 Å². The van der Waals surface area contributed by atoms with E-state index in [1.165, 1.54) is 4.90 Å². The molecule has 3 heterocycles. The summed E-state index contributed by atoms with van der Waals surface area (Å²) in [6.45, 7) is 1.37. The number of carbonyl (C=O) groups excluding carboxylic acids is 2. The number of carbonyl (C=O) groups is 2. The van der Waals surface area contributed by atoms with Crippen LogP contribution in [0.25, 0.3) is 0 Å². The molecular weight excluding hydrogens is 448 g/mol. The van der Waals surface area contributed by atoms with E-state index in [2.05, 4.69) is 9.97 Å². The maximum atomic E-state index is 13.3. The van der Waals surface area contributed by atoms with Gasteiger partial charge in [0.05, 0.1) is 18.3 Å². The Bertz CT molecular complexity index is 891. The summed E-state index contributed by atoms with van der Waals surface area (Å²) in [5.74, 6) is -2.75. The molecule has 2 aliphatic heterocycles. The second-order valence-electron chi connectivity index (χ2n) is 7.77. The molecule has 2 aliphatic rings. The number of amides is 2. The van der Waals surface area contributed by atoms with Gasteiger partial charge >= 0.3 is 12.4 Å². The van der Waals surface area contributed by atoms with Crippen LogP contribution >= 0.6 is 0 Å². The molecule has 3 rings (SSSR count). The van der Waals surface area contributed by atoms with Gasteiger partial charge in [-0.25, -0.2) is 9.97 Å². The van der Waals surface area contributed by atoms with Crippen molar-refractivity contribution in [2.75, 3.05) is 26.2 Å². The number of alkyl halides is 6. The van der Waals surface area contributed by atoms with E-state index in [9.17, 15) is 35.9 Å². The van der Waals surface area contributed by atoms with E-state index < -0.39 is 53.6 Å². The Kier molecular flexibility index (Phi) is 6.65. The topological polar surface area (TPSA) is 102 Å². The van der Waals surface area contributed by atoms with Crippen molar-refractivity contribution in [3.8, 4) is 0 Å². The molecule has 0 aromatic carbocycles. The molecular formula is C18H21F6N5O3. The van der Waals surface area contributed by atoms with Gasteiger partial charge < -0.3 is 20.3 Å². The first-order valence-electron chi connectivity index (χ1n) is 9.72. The Morgan fingerprint density at radius 2 is 1.91 bits per heavy atom. The second-order valence-corrected chi connectivity index (χ2v) is 7.77. The first kappa shape index (κ1) is 24.2. The zero-order valence-electron chi connectivity index (χ0n) is 17.0. The van der Waals surface area contributed by atoms with Gasteiger partial charge in [0.25, 0.3) is 0 Å². The molecule has 178 valence electrons. The molecule has 2 amide bonds. The maximum absolute atomic E-state index is 13.3. The number of ether oxygens (including phenoxy) is 1. The van der Waals surface area contributed by atoms with Crippen LogP contribution in [0.2, 0.25) is 0 Å². The fourth-order valence-electron chi connectivity index (χ4n) is 3.65. The largest absolute Gasteiger partial charge is 0.451 e. The number of nitrogens with two attached hydrogens (primary N) is 1. The van der Waals surface area contributed by atoms with Crippen LogP contribution in [-0.4, -0.2) is 70.0 Å². The molecule has 1 saturated heterocycles. The Labute approximate surface area is 178 Å². The lowest BCUT2D eigenvalue weighted by Gasteiger charge is -2.34. The monoisotopic (exact) mass is 469 g/mol. The Hall–Kier alpha value is -2.48. The Morgan fingerprint density at radius 1 is 1.22 bits per heavy atom. The number of hydrogen-bond donors (Lipinski definition) is 1. The highest BCUT2D eigenvalue weighted by atomic mass is 19.4.